The number of rotatable bonds is 3. The van der Waals surface area contributed by atoms with Gasteiger partial charge in [-0.05, 0) is 23.6 Å². The molecular formula is C13H16ClN3. The molecule has 0 spiro atoms. The topological polar surface area (TPSA) is 43.8 Å². The summed E-state index contributed by atoms with van der Waals surface area (Å²) in [6.45, 7) is 4.89. The van der Waals surface area contributed by atoms with E-state index in [2.05, 4.69) is 18.9 Å². The second-order valence-electron chi connectivity index (χ2n) is 4.45. The Bertz CT molecular complexity index is 500. The van der Waals surface area contributed by atoms with Crippen LogP contribution in [0.15, 0.2) is 30.5 Å². The van der Waals surface area contributed by atoms with Crippen molar-refractivity contribution >= 4 is 17.3 Å². The molecular weight excluding hydrogens is 234 g/mol. The van der Waals surface area contributed by atoms with Gasteiger partial charge in [0.05, 0.1) is 17.9 Å². The van der Waals surface area contributed by atoms with E-state index in [0.717, 1.165) is 22.0 Å². The Morgan fingerprint density at radius 2 is 1.94 bits per heavy atom. The predicted octanol–water partition coefficient (Wildman–Crippen LogP) is 3.29. The van der Waals surface area contributed by atoms with E-state index in [4.69, 9.17) is 17.3 Å². The number of anilines is 1. The summed E-state index contributed by atoms with van der Waals surface area (Å²) in [5.41, 5.74) is 8.79. The molecule has 0 aliphatic heterocycles. The van der Waals surface area contributed by atoms with Crippen molar-refractivity contribution in [1.82, 2.24) is 9.78 Å². The third-order valence-electron chi connectivity index (χ3n) is 2.62. The highest BCUT2D eigenvalue weighted by atomic mass is 35.5. The second-order valence-corrected chi connectivity index (χ2v) is 4.88. The van der Waals surface area contributed by atoms with Gasteiger partial charge in [-0.2, -0.15) is 5.10 Å². The van der Waals surface area contributed by atoms with Crippen LogP contribution in [0.3, 0.4) is 0 Å². The molecule has 90 valence electrons. The fourth-order valence-electron chi connectivity index (χ4n) is 1.76. The fraction of sp³-hybridized carbons (Fsp3) is 0.308. The number of hydrogen-bond acceptors (Lipinski definition) is 2. The third kappa shape index (κ3) is 2.80. The first-order chi connectivity index (χ1) is 8.06. The summed E-state index contributed by atoms with van der Waals surface area (Å²) in [5.74, 6) is 0.349. The number of nitrogens with two attached hydrogens (primary N) is 1. The zero-order valence-corrected chi connectivity index (χ0v) is 10.8. The summed E-state index contributed by atoms with van der Waals surface area (Å²) in [7, 11) is 0. The van der Waals surface area contributed by atoms with Crippen molar-refractivity contribution in [3.05, 3.63) is 46.7 Å². The minimum absolute atomic E-state index is 0.349. The Morgan fingerprint density at radius 1 is 1.29 bits per heavy atom. The van der Waals surface area contributed by atoms with E-state index in [-0.39, 0.29) is 0 Å². The van der Waals surface area contributed by atoms with Crippen LogP contribution < -0.4 is 5.73 Å². The molecule has 17 heavy (non-hydrogen) atoms. The smallest absolute Gasteiger partial charge is 0.0879 e. The van der Waals surface area contributed by atoms with Crippen LogP contribution >= 0.6 is 11.6 Å². The monoisotopic (exact) mass is 249 g/mol. The van der Waals surface area contributed by atoms with E-state index in [1.54, 1.807) is 0 Å². The standard InChI is InChI=1S/C13H16ClN3/c1-9(2)13-12(15)8-17(16-13)7-10-3-5-11(14)6-4-10/h3-6,8-9H,7,15H2,1-2H3. The Kier molecular flexibility index (Phi) is 3.38. The normalized spacial score (nSPS) is 11.1. The van der Waals surface area contributed by atoms with Crippen LogP contribution in [0.4, 0.5) is 5.69 Å². The molecule has 0 saturated carbocycles. The average Bonchev–Trinajstić information content (AvgIpc) is 2.63. The third-order valence-corrected chi connectivity index (χ3v) is 2.88. The van der Waals surface area contributed by atoms with Gasteiger partial charge in [0.1, 0.15) is 0 Å². The van der Waals surface area contributed by atoms with Gasteiger partial charge >= 0.3 is 0 Å². The first kappa shape index (κ1) is 12.0. The summed E-state index contributed by atoms with van der Waals surface area (Å²) in [5, 5.41) is 5.23. The van der Waals surface area contributed by atoms with E-state index >= 15 is 0 Å². The Labute approximate surface area is 106 Å². The Morgan fingerprint density at radius 3 is 2.47 bits per heavy atom. The van der Waals surface area contributed by atoms with Crippen LogP contribution in [0.5, 0.6) is 0 Å². The molecule has 0 atom stereocenters. The van der Waals surface area contributed by atoms with Gasteiger partial charge in [0.2, 0.25) is 0 Å². The molecule has 0 saturated heterocycles. The van der Waals surface area contributed by atoms with Gasteiger partial charge in [0.25, 0.3) is 0 Å². The van der Waals surface area contributed by atoms with Gasteiger partial charge in [0.15, 0.2) is 0 Å². The molecule has 0 radical (unpaired) electrons. The van der Waals surface area contributed by atoms with Crippen LogP contribution in [0.25, 0.3) is 0 Å². The maximum atomic E-state index is 5.92. The number of hydrogen-bond donors (Lipinski definition) is 1. The number of halogens is 1. The predicted molar refractivity (Wildman–Crippen MR) is 71.3 cm³/mol. The van der Waals surface area contributed by atoms with Gasteiger partial charge in [-0.3, -0.25) is 4.68 Å². The van der Waals surface area contributed by atoms with E-state index in [0.29, 0.717) is 12.5 Å². The number of benzene rings is 1. The molecule has 0 aliphatic carbocycles. The molecule has 0 fully saturated rings. The van der Waals surface area contributed by atoms with Crippen molar-refractivity contribution in [2.75, 3.05) is 5.73 Å². The maximum Gasteiger partial charge on any atom is 0.0879 e. The van der Waals surface area contributed by atoms with Crippen LogP contribution in [0.2, 0.25) is 5.02 Å². The van der Waals surface area contributed by atoms with E-state index in [1.807, 2.05) is 35.1 Å². The molecule has 1 aromatic heterocycles. The molecule has 0 amide bonds. The van der Waals surface area contributed by atoms with Crippen LogP contribution in [0, 0.1) is 0 Å². The van der Waals surface area contributed by atoms with Gasteiger partial charge in [-0.25, -0.2) is 0 Å². The molecule has 4 heteroatoms. The summed E-state index contributed by atoms with van der Waals surface area (Å²) < 4.78 is 1.87. The van der Waals surface area contributed by atoms with Gasteiger partial charge in [-0.1, -0.05) is 37.6 Å². The number of nitrogen functional groups attached to an aromatic ring is 1. The van der Waals surface area contributed by atoms with Crippen molar-refractivity contribution in [3.63, 3.8) is 0 Å². The summed E-state index contributed by atoms with van der Waals surface area (Å²) in [6, 6.07) is 7.75. The Hall–Kier alpha value is -1.48. The largest absolute Gasteiger partial charge is 0.396 e. The highest BCUT2D eigenvalue weighted by molar-refractivity contribution is 6.30. The maximum absolute atomic E-state index is 5.92. The molecule has 2 N–H and O–H groups in total. The molecule has 1 heterocycles. The SMILES string of the molecule is CC(C)c1nn(Cc2ccc(Cl)cc2)cc1N. The number of nitrogens with zero attached hydrogens (tertiary/aromatic N) is 2. The Balaban J connectivity index is 2.19. The minimum Gasteiger partial charge on any atom is -0.396 e. The molecule has 0 bridgehead atoms. The summed E-state index contributed by atoms with van der Waals surface area (Å²) >= 11 is 5.84. The zero-order valence-electron chi connectivity index (χ0n) is 10.0. The average molecular weight is 250 g/mol. The van der Waals surface area contributed by atoms with Crippen molar-refractivity contribution in [2.45, 2.75) is 26.3 Å². The zero-order chi connectivity index (χ0) is 12.4. The van der Waals surface area contributed by atoms with E-state index in [9.17, 15) is 0 Å². The van der Waals surface area contributed by atoms with E-state index in [1.165, 1.54) is 0 Å². The lowest BCUT2D eigenvalue weighted by Crippen LogP contribution is -2.01. The molecule has 2 rings (SSSR count). The van der Waals surface area contributed by atoms with Crippen molar-refractivity contribution < 1.29 is 0 Å². The fourth-order valence-corrected chi connectivity index (χ4v) is 1.88. The summed E-state index contributed by atoms with van der Waals surface area (Å²) in [6.07, 6.45) is 1.88. The molecule has 1 aromatic carbocycles. The number of aromatic nitrogens is 2. The van der Waals surface area contributed by atoms with E-state index < -0.39 is 0 Å². The molecule has 0 unspecified atom stereocenters. The van der Waals surface area contributed by atoms with Gasteiger partial charge in [0, 0.05) is 11.2 Å². The second kappa shape index (κ2) is 4.80. The van der Waals surface area contributed by atoms with Gasteiger partial charge in [-0.15, -0.1) is 0 Å². The molecule has 0 aliphatic rings. The first-order valence-electron chi connectivity index (χ1n) is 5.63. The van der Waals surface area contributed by atoms with Gasteiger partial charge < -0.3 is 5.73 Å². The van der Waals surface area contributed by atoms with Crippen LogP contribution in [-0.2, 0) is 6.54 Å². The lowest BCUT2D eigenvalue weighted by molar-refractivity contribution is 0.657. The minimum atomic E-state index is 0.349. The lowest BCUT2D eigenvalue weighted by Gasteiger charge is -2.02. The first-order valence-corrected chi connectivity index (χ1v) is 6.01. The summed E-state index contributed by atoms with van der Waals surface area (Å²) in [4.78, 5) is 0. The van der Waals surface area contributed by atoms with Crippen molar-refractivity contribution in [3.8, 4) is 0 Å². The quantitative estimate of drug-likeness (QED) is 0.907. The van der Waals surface area contributed by atoms with Crippen molar-refractivity contribution in [1.29, 1.82) is 0 Å². The molecule has 3 nitrogen and oxygen atoms in total. The highest BCUT2D eigenvalue weighted by Crippen LogP contribution is 2.20. The highest BCUT2D eigenvalue weighted by Gasteiger charge is 2.09. The van der Waals surface area contributed by atoms with Crippen molar-refractivity contribution in [2.24, 2.45) is 0 Å². The molecule has 2 aromatic rings. The lowest BCUT2D eigenvalue weighted by atomic mass is 10.1. The van der Waals surface area contributed by atoms with Crippen LogP contribution in [0.1, 0.15) is 31.0 Å². The van der Waals surface area contributed by atoms with Crippen LogP contribution in [-0.4, -0.2) is 9.78 Å².